The van der Waals surface area contributed by atoms with Crippen LogP contribution in [0.5, 0.6) is 17.2 Å². The van der Waals surface area contributed by atoms with Crippen LogP contribution in [0.25, 0.3) is 5.57 Å². The molecule has 0 radical (unpaired) electrons. The maximum Gasteiger partial charge on any atom is 0.282 e. The van der Waals surface area contributed by atoms with Crippen LogP contribution in [-0.4, -0.2) is 33.1 Å². The Kier molecular flexibility index (Phi) is 6.04. The van der Waals surface area contributed by atoms with Gasteiger partial charge in [-0.05, 0) is 36.8 Å². The molecule has 1 aliphatic rings. The van der Waals surface area contributed by atoms with Crippen molar-refractivity contribution in [3.63, 3.8) is 0 Å². The number of nitrogens with zero attached hydrogens (tertiary/aromatic N) is 1. The maximum atomic E-state index is 13.6. The maximum absolute atomic E-state index is 13.6. The molecule has 4 rings (SSSR count). The highest BCUT2D eigenvalue weighted by atomic mass is 16.5. The van der Waals surface area contributed by atoms with Crippen molar-refractivity contribution < 1.29 is 23.8 Å². The van der Waals surface area contributed by atoms with Crippen molar-refractivity contribution in [1.82, 2.24) is 0 Å². The van der Waals surface area contributed by atoms with Crippen LogP contribution < -0.4 is 24.4 Å². The van der Waals surface area contributed by atoms with E-state index in [1.165, 1.54) is 14.2 Å². The molecule has 33 heavy (non-hydrogen) atoms. The lowest BCUT2D eigenvalue weighted by atomic mass is 10.0. The Bertz CT molecular complexity index is 1250. The van der Waals surface area contributed by atoms with Gasteiger partial charge in [-0.1, -0.05) is 42.0 Å². The Morgan fingerprint density at radius 1 is 0.727 bits per heavy atom. The second-order valence-corrected chi connectivity index (χ2v) is 7.43. The van der Waals surface area contributed by atoms with E-state index in [1.54, 1.807) is 37.4 Å². The minimum absolute atomic E-state index is 0.170. The van der Waals surface area contributed by atoms with E-state index >= 15 is 0 Å². The molecular weight excluding hydrogens is 420 g/mol. The average molecular weight is 444 g/mol. The molecular formula is C26H24N2O5. The number of hydrogen-bond donors (Lipinski definition) is 1. The molecule has 0 bridgehead atoms. The van der Waals surface area contributed by atoms with Crippen LogP contribution in [-0.2, 0) is 9.59 Å². The summed E-state index contributed by atoms with van der Waals surface area (Å²) in [6.45, 7) is 1.96. The highest BCUT2D eigenvalue weighted by Crippen LogP contribution is 2.38. The number of hydrogen-bond acceptors (Lipinski definition) is 6. The van der Waals surface area contributed by atoms with E-state index in [-0.39, 0.29) is 11.3 Å². The summed E-state index contributed by atoms with van der Waals surface area (Å²) in [5.41, 5.74) is 3.09. The van der Waals surface area contributed by atoms with Crippen molar-refractivity contribution in [2.75, 3.05) is 31.5 Å². The Balaban J connectivity index is 1.83. The summed E-state index contributed by atoms with van der Waals surface area (Å²) in [7, 11) is 4.57. The molecule has 7 nitrogen and oxygen atoms in total. The Morgan fingerprint density at radius 2 is 1.39 bits per heavy atom. The van der Waals surface area contributed by atoms with Crippen LogP contribution in [0.2, 0.25) is 0 Å². The number of ether oxygens (including phenoxy) is 3. The van der Waals surface area contributed by atoms with Gasteiger partial charge in [-0.25, -0.2) is 4.90 Å². The summed E-state index contributed by atoms with van der Waals surface area (Å²) >= 11 is 0. The molecule has 3 aromatic rings. The predicted octanol–water partition coefficient (Wildman–Crippen LogP) is 4.42. The van der Waals surface area contributed by atoms with E-state index in [4.69, 9.17) is 14.2 Å². The molecule has 0 saturated carbocycles. The fourth-order valence-electron chi connectivity index (χ4n) is 3.71. The van der Waals surface area contributed by atoms with Gasteiger partial charge in [0.25, 0.3) is 11.8 Å². The second-order valence-electron chi connectivity index (χ2n) is 7.43. The molecule has 0 unspecified atom stereocenters. The Labute approximate surface area is 192 Å². The fraction of sp³-hybridized carbons (Fsp3) is 0.154. The molecule has 0 spiro atoms. The third kappa shape index (κ3) is 4.01. The average Bonchev–Trinajstić information content (AvgIpc) is 3.08. The third-order valence-corrected chi connectivity index (χ3v) is 5.42. The van der Waals surface area contributed by atoms with Crippen molar-refractivity contribution in [2.24, 2.45) is 0 Å². The summed E-state index contributed by atoms with van der Waals surface area (Å²) < 4.78 is 16.1. The number of aryl methyl sites for hydroxylation is 1. The van der Waals surface area contributed by atoms with Crippen LogP contribution in [0.1, 0.15) is 11.1 Å². The zero-order chi connectivity index (χ0) is 23.5. The Hall–Kier alpha value is -4.26. The van der Waals surface area contributed by atoms with Crippen LogP contribution in [0.3, 0.4) is 0 Å². The molecule has 168 valence electrons. The topological polar surface area (TPSA) is 77.1 Å². The highest BCUT2D eigenvalue weighted by molar-refractivity contribution is 6.46. The van der Waals surface area contributed by atoms with Crippen molar-refractivity contribution in [3.8, 4) is 17.2 Å². The number of amides is 2. The predicted molar refractivity (Wildman–Crippen MR) is 127 cm³/mol. The summed E-state index contributed by atoms with van der Waals surface area (Å²) in [4.78, 5) is 28.3. The van der Waals surface area contributed by atoms with E-state index in [2.05, 4.69) is 5.32 Å². The van der Waals surface area contributed by atoms with Crippen molar-refractivity contribution >= 4 is 28.8 Å². The van der Waals surface area contributed by atoms with Gasteiger partial charge in [-0.15, -0.1) is 0 Å². The minimum Gasteiger partial charge on any atom is -0.495 e. The molecule has 1 N–H and O–H groups in total. The molecule has 0 fully saturated rings. The van der Waals surface area contributed by atoms with E-state index in [0.717, 1.165) is 10.5 Å². The largest absolute Gasteiger partial charge is 0.495 e. The molecule has 0 aliphatic carbocycles. The number of benzene rings is 3. The van der Waals surface area contributed by atoms with Crippen LogP contribution >= 0.6 is 0 Å². The summed E-state index contributed by atoms with van der Waals surface area (Å²) in [6, 6.07) is 19.6. The van der Waals surface area contributed by atoms with Gasteiger partial charge in [-0.3, -0.25) is 9.59 Å². The van der Waals surface area contributed by atoms with E-state index in [1.807, 2.05) is 43.3 Å². The lowest BCUT2D eigenvalue weighted by molar-refractivity contribution is -0.120. The van der Waals surface area contributed by atoms with Crippen LogP contribution in [0.15, 0.2) is 72.4 Å². The van der Waals surface area contributed by atoms with Gasteiger partial charge in [-0.2, -0.15) is 0 Å². The number of carbonyl (C=O) groups excluding carboxylic acids is 2. The Morgan fingerprint density at radius 3 is 2.06 bits per heavy atom. The molecule has 7 heteroatoms. The van der Waals surface area contributed by atoms with Crippen molar-refractivity contribution in [3.05, 3.63) is 83.6 Å². The monoisotopic (exact) mass is 444 g/mol. The van der Waals surface area contributed by atoms with Gasteiger partial charge in [0, 0.05) is 6.07 Å². The van der Waals surface area contributed by atoms with Crippen LogP contribution in [0, 0.1) is 6.92 Å². The number of imide groups is 1. The van der Waals surface area contributed by atoms with Gasteiger partial charge >= 0.3 is 0 Å². The first kappa shape index (κ1) is 22.0. The number of nitrogens with one attached hydrogen (secondary N) is 1. The molecule has 0 saturated heterocycles. The van der Waals surface area contributed by atoms with Crippen molar-refractivity contribution in [2.45, 2.75) is 6.92 Å². The van der Waals surface area contributed by atoms with Crippen LogP contribution in [0.4, 0.5) is 11.4 Å². The van der Waals surface area contributed by atoms with Gasteiger partial charge in [0.15, 0.2) is 11.5 Å². The first-order chi connectivity index (χ1) is 16.0. The number of rotatable bonds is 7. The van der Waals surface area contributed by atoms with E-state index in [0.29, 0.717) is 34.2 Å². The highest BCUT2D eigenvalue weighted by Gasteiger charge is 2.40. The lowest BCUT2D eigenvalue weighted by Crippen LogP contribution is -2.32. The summed E-state index contributed by atoms with van der Waals surface area (Å²) in [5.74, 6) is 0.554. The first-order valence-electron chi connectivity index (χ1n) is 10.3. The number of carbonyl (C=O) groups is 2. The zero-order valence-corrected chi connectivity index (χ0v) is 18.8. The number of methoxy groups -OCH3 is 3. The summed E-state index contributed by atoms with van der Waals surface area (Å²) in [6.07, 6.45) is 0. The molecule has 1 aliphatic heterocycles. The number of anilines is 2. The zero-order valence-electron chi connectivity index (χ0n) is 18.8. The van der Waals surface area contributed by atoms with Crippen molar-refractivity contribution in [1.29, 1.82) is 0 Å². The number of para-hydroxylation sites is 2. The summed E-state index contributed by atoms with van der Waals surface area (Å²) in [5, 5.41) is 3.14. The third-order valence-electron chi connectivity index (χ3n) is 5.42. The van der Waals surface area contributed by atoms with E-state index < -0.39 is 11.8 Å². The first-order valence-corrected chi connectivity index (χ1v) is 10.3. The fourth-order valence-corrected chi connectivity index (χ4v) is 3.71. The van der Waals surface area contributed by atoms with Gasteiger partial charge in [0.2, 0.25) is 0 Å². The minimum atomic E-state index is -0.478. The lowest BCUT2D eigenvalue weighted by Gasteiger charge is -2.18. The quantitative estimate of drug-likeness (QED) is 0.544. The SMILES string of the molecule is COc1ccccc1NC1=C(c2ccc(C)cc2)C(=O)N(c2ccc(OC)c(OC)c2)C1=O. The van der Waals surface area contributed by atoms with Gasteiger partial charge < -0.3 is 19.5 Å². The van der Waals surface area contributed by atoms with E-state index in [9.17, 15) is 9.59 Å². The van der Waals surface area contributed by atoms with Gasteiger partial charge in [0.1, 0.15) is 11.4 Å². The van der Waals surface area contributed by atoms with Gasteiger partial charge in [0.05, 0.1) is 38.3 Å². The normalized spacial score (nSPS) is 13.4. The molecule has 2 amide bonds. The second kappa shape index (κ2) is 9.08. The molecule has 0 aromatic heterocycles. The molecule has 3 aromatic carbocycles. The molecule has 1 heterocycles. The standard InChI is InChI=1S/C26H24N2O5/c1-16-9-11-17(12-10-16)23-24(27-19-7-5-6-8-20(19)31-2)26(30)28(25(23)29)18-13-14-21(32-3)22(15-18)33-4/h5-15,27H,1-4H3. The molecule has 0 atom stereocenters. The smallest absolute Gasteiger partial charge is 0.282 e.